The fraction of sp³-hybridized carbons (Fsp3) is 0.0769. The van der Waals surface area contributed by atoms with Crippen molar-refractivity contribution in [3.8, 4) is 5.75 Å². The van der Waals surface area contributed by atoms with Crippen LogP contribution in [-0.4, -0.2) is 0 Å². The van der Waals surface area contributed by atoms with Crippen molar-refractivity contribution in [3.05, 3.63) is 57.5 Å². The van der Waals surface area contributed by atoms with E-state index >= 15 is 0 Å². The monoisotopic (exact) mass is 311 g/mol. The number of hydrogen-bond donors (Lipinski definition) is 1. The smallest absolute Gasteiger partial charge is 0.161 e. The first-order valence-electron chi connectivity index (χ1n) is 5.08. The summed E-state index contributed by atoms with van der Waals surface area (Å²) < 4.78 is 6.65. The summed E-state index contributed by atoms with van der Waals surface area (Å²) in [6, 6.07) is 13.2. The number of nitrogens with two attached hydrogens (primary N) is 1. The van der Waals surface area contributed by atoms with Gasteiger partial charge in [-0.3, -0.25) is 0 Å². The Balaban J connectivity index is 2.13. The van der Waals surface area contributed by atoms with E-state index < -0.39 is 0 Å². The zero-order chi connectivity index (χ0) is 12.3. The third kappa shape index (κ3) is 3.14. The molecule has 0 aliphatic heterocycles. The highest BCUT2D eigenvalue weighted by Crippen LogP contribution is 2.31. The normalized spacial score (nSPS) is 10.2. The molecule has 0 bridgehead atoms. The van der Waals surface area contributed by atoms with Gasteiger partial charge in [-0.05, 0) is 29.8 Å². The van der Waals surface area contributed by atoms with Crippen molar-refractivity contribution >= 4 is 33.2 Å². The van der Waals surface area contributed by atoms with Crippen molar-refractivity contribution in [2.75, 3.05) is 5.73 Å². The van der Waals surface area contributed by atoms with Crippen LogP contribution in [0.25, 0.3) is 0 Å². The molecule has 0 aromatic heterocycles. The Morgan fingerprint density at radius 2 is 1.94 bits per heavy atom. The Morgan fingerprint density at radius 3 is 2.65 bits per heavy atom. The summed E-state index contributed by atoms with van der Waals surface area (Å²) in [7, 11) is 0. The summed E-state index contributed by atoms with van der Waals surface area (Å²) >= 11 is 9.42. The van der Waals surface area contributed by atoms with Gasteiger partial charge in [-0.15, -0.1) is 0 Å². The van der Waals surface area contributed by atoms with Crippen LogP contribution in [-0.2, 0) is 6.61 Å². The van der Waals surface area contributed by atoms with E-state index in [4.69, 9.17) is 22.1 Å². The maximum absolute atomic E-state index is 6.01. The van der Waals surface area contributed by atoms with Crippen molar-refractivity contribution in [2.45, 2.75) is 6.61 Å². The molecular weight excluding hydrogens is 302 g/mol. The van der Waals surface area contributed by atoms with Gasteiger partial charge in [0.15, 0.2) is 5.75 Å². The molecule has 0 atom stereocenters. The van der Waals surface area contributed by atoms with Crippen molar-refractivity contribution in [2.24, 2.45) is 0 Å². The molecule has 0 spiro atoms. The number of nitrogen functional groups attached to an aromatic ring is 1. The molecule has 2 N–H and O–H groups in total. The van der Waals surface area contributed by atoms with Gasteiger partial charge in [-0.25, -0.2) is 0 Å². The number of rotatable bonds is 3. The quantitative estimate of drug-likeness (QED) is 0.859. The molecule has 2 aromatic rings. The standard InChI is InChI=1S/C13H11BrClNO/c14-10-4-1-3-9(7-10)8-17-13-11(15)5-2-6-12(13)16/h1-7H,8,16H2. The van der Waals surface area contributed by atoms with Gasteiger partial charge in [0.2, 0.25) is 0 Å². The van der Waals surface area contributed by atoms with Gasteiger partial charge < -0.3 is 10.5 Å². The minimum Gasteiger partial charge on any atom is -0.485 e. The minimum atomic E-state index is 0.438. The molecule has 0 fully saturated rings. The maximum atomic E-state index is 6.01. The fourth-order valence-electron chi connectivity index (χ4n) is 1.46. The first-order chi connectivity index (χ1) is 8.16. The van der Waals surface area contributed by atoms with Crippen LogP contribution in [0.4, 0.5) is 5.69 Å². The summed E-state index contributed by atoms with van der Waals surface area (Å²) in [4.78, 5) is 0. The molecule has 2 nitrogen and oxygen atoms in total. The van der Waals surface area contributed by atoms with Crippen LogP contribution < -0.4 is 10.5 Å². The molecule has 88 valence electrons. The molecule has 0 unspecified atom stereocenters. The zero-order valence-electron chi connectivity index (χ0n) is 8.99. The number of benzene rings is 2. The Bertz CT molecular complexity index is 510. The highest BCUT2D eigenvalue weighted by molar-refractivity contribution is 9.10. The minimum absolute atomic E-state index is 0.438. The second-order valence-corrected chi connectivity index (χ2v) is 4.90. The largest absolute Gasteiger partial charge is 0.485 e. The molecule has 0 saturated heterocycles. The summed E-state index contributed by atoms with van der Waals surface area (Å²) in [5.41, 5.74) is 7.40. The van der Waals surface area contributed by atoms with E-state index in [1.54, 1.807) is 18.2 Å². The molecule has 0 aliphatic carbocycles. The summed E-state index contributed by atoms with van der Waals surface area (Å²) in [6.45, 7) is 0.438. The average Bonchev–Trinajstić information content (AvgIpc) is 2.28. The SMILES string of the molecule is Nc1cccc(Cl)c1OCc1cccc(Br)c1. The molecule has 0 radical (unpaired) electrons. The predicted molar refractivity (Wildman–Crippen MR) is 74.3 cm³/mol. The van der Waals surface area contributed by atoms with Gasteiger partial charge in [0.25, 0.3) is 0 Å². The third-order valence-electron chi connectivity index (χ3n) is 2.27. The molecule has 0 aliphatic rings. The average molecular weight is 313 g/mol. The third-order valence-corrected chi connectivity index (χ3v) is 3.06. The lowest BCUT2D eigenvalue weighted by Gasteiger charge is -2.10. The van der Waals surface area contributed by atoms with E-state index in [-0.39, 0.29) is 0 Å². The Labute approximate surface area is 113 Å². The van der Waals surface area contributed by atoms with Gasteiger partial charge >= 0.3 is 0 Å². The summed E-state index contributed by atoms with van der Waals surface area (Å²) in [5, 5.41) is 0.528. The number of para-hydroxylation sites is 1. The predicted octanol–water partition coefficient (Wildman–Crippen LogP) is 4.26. The van der Waals surface area contributed by atoms with Crippen molar-refractivity contribution in [1.29, 1.82) is 0 Å². The van der Waals surface area contributed by atoms with Gasteiger partial charge in [0.05, 0.1) is 10.7 Å². The van der Waals surface area contributed by atoms with Gasteiger partial charge in [-0.2, -0.15) is 0 Å². The summed E-state index contributed by atoms with van der Waals surface area (Å²) in [6.07, 6.45) is 0. The lowest BCUT2D eigenvalue weighted by atomic mass is 10.2. The molecule has 0 heterocycles. The molecule has 4 heteroatoms. The molecule has 0 saturated carbocycles. The van der Waals surface area contributed by atoms with Crippen molar-refractivity contribution < 1.29 is 4.74 Å². The molecular formula is C13H11BrClNO. The van der Waals surface area contributed by atoms with Crippen LogP contribution in [0.15, 0.2) is 46.9 Å². The van der Waals surface area contributed by atoms with Gasteiger partial charge in [0, 0.05) is 4.47 Å². The van der Waals surface area contributed by atoms with E-state index in [0.29, 0.717) is 23.1 Å². The van der Waals surface area contributed by atoms with E-state index in [9.17, 15) is 0 Å². The molecule has 2 rings (SSSR count). The van der Waals surface area contributed by atoms with Crippen LogP contribution in [0, 0.1) is 0 Å². The highest BCUT2D eigenvalue weighted by Gasteiger charge is 2.05. The number of anilines is 1. The van der Waals surface area contributed by atoms with E-state index in [1.807, 2.05) is 24.3 Å². The van der Waals surface area contributed by atoms with Crippen LogP contribution in [0.2, 0.25) is 5.02 Å². The maximum Gasteiger partial charge on any atom is 0.161 e. The van der Waals surface area contributed by atoms with Crippen molar-refractivity contribution in [1.82, 2.24) is 0 Å². The second-order valence-electron chi connectivity index (χ2n) is 3.58. The first kappa shape index (κ1) is 12.3. The number of halogens is 2. The van der Waals surface area contributed by atoms with E-state index in [0.717, 1.165) is 10.0 Å². The molecule has 2 aromatic carbocycles. The Kier molecular flexibility index (Phi) is 3.92. The lowest BCUT2D eigenvalue weighted by Crippen LogP contribution is -1.99. The van der Waals surface area contributed by atoms with E-state index in [2.05, 4.69) is 15.9 Å². The molecule has 17 heavy (non-hydrogen) atoms. The topological polar surface area (TPSA) is 35.2 Å². The van der Waals surface area contributed by atoms with Crippen LogP contribution in [0.1, 0.15) is 5.56 Å². The van der Waals surface area contributed by atoms with Crippen LogP contribution in [0.5, 0.6) is 5.75 Å². The second kappa shape index (κ2) is 5.43. The first-order valence-corrected chi connectivity index (χ1v) is 6.25. The van der Waals surface area contributed by atoms with Crippen molar-refractivity contribution in [3.63, 3.8) is 0 Å². The lowest BCUT2D eigenvalue weighted by molar-refractivity contribution is 0.308. The molecule has 0 amide bonds. The fourth-order valence-corrected chi connectivity index (χ4v) is 2.14. The van der Waals surface area contributed by atoms with E-state index in [1.165, 1.54) is 0 Å². The summed E-state index contributed by atoms with van der Waals surface area (Å²) in [5.74, 6) is 0.536. The Hall–Kier alpha value is -1.19. The highest BCUT2D eigenvalue weighted by atomic mass is 79.9. The van der Waals surface area contributed by atoms with Gasteiger partial charge in [-0.1, -0.05) is 45.7 Å². The number of hydrogen-bond acceptors (Lipinski definition) is 2. The Morgan fingerprint density at radius 1 is 1.18 bits per heavy atom. The van der Waals surface area contributed by atoms with Gasteiger partial charge in [0.1, 0.15) is 6.61 Å². The van der Waals surface area contributed by atoms with Crippen LogP contribution >= 0.6 is 27.5 Å². The van der Waals surface area contributed by atoms with Crippen LogP contribution in [0.3, 0.4) is 0 Å². The zero-order valence-corrected chi connectivity index (χ0v) is 11.3. The number of ether oxygens (including phenoxy) is 1.